The van der Waals surface area contributed by atoms with E-state index >= 15 is 0 Å². The van der Waals surface area contributed by atoms with Gasteiger partial charge in [-0.1, -0.05) is 60.7 Å². The van der Waals surface area contributed by atoms with E-state index in [0.29, 0.717) is 26.4 Å². The molecule has 0 unspecified atom stereocenters. The van der Waals surface area contributed by atoms with Crippen molar-refractivity contribution in [3.05, 3.63) is 193 Å². The van der Waals surface area contributed by atoms with E-state index in [2.05, 4.69) is 173 Å². The van der Waals surface area contributed by atoms with Crippen LogP contribution in [0.25, 0.3) is 0 Å². The number of anilines is 4. The number of nitriles is 4. The Morgan fingerprint density at radius 3 is 1.02 bits per heavy atom. The van der Waals surface area contributed by atoms with Gasteiger partial charge in [0.25, 0.3) is 0 Å². The van der Waals surface area contributed by atoms with Crippen molar-refractivity contribution < 1.29 is 33.2 Å². The van der Waals surface area contributed by atoms with Gasteiger partial charge < -0.3 is 62.6 Å². The average Bonchev–Trinajstić information content (AvgIpc) is 0.783. The number of thioether (sulfide) groups is 4. The minimum Gasteiger partial charge on any atom is -0.496 e. The highest BCUT2D eigenvalue weighted by Crippen LogP contribution is 2.45. The van der Waals surface area contributed by atoms with Gasteiger partial charge in [-0.25, -0.2) is 19.9 Å². The van der Waals surface area contributed by atoms with Crippen LogP contribution in [0.4, 0.5) is 23.3 Å². The summed E-state index contributed by atoms with van der Waals surface area (Å²) in [5, 5.41) is 43.8. The van der Waals surface area contributed by atoms with Crippen LogP contribution in [0.3, 0.4) is 0 Å². The van der Waals surface area contributed by atoms with Gasteiger partial charge in [0.1, 0.15) is 73.4 Å². The van der Waals surface area contributed by atoms with E-state index in [9.17, 15) is 21.0 Å². The topological polar surface area (TPSA) is 263 Å². The van der Waals surface area contributed by atoms with Gasteiger partial charge in [0.2, 0.25) is 0 Å². The van der Waals surface area contributed by atoms with Crippen LogP contribution < -0.4 is 24.3 Å². The molecule has 4 saturated heterocycles. The summed E-state index contributed by atoms with van der Waals surface area (Å²) >= 11 is 6.71. The molecule has 6 aromatic heterocycles. The highest BCUT2D eigenvalue weighted by molar-refractivity contribution is 8.00. The Bertz CT molecular complexity index is 5080. The third-order valence-electron chi connectivity index (χ3n) is 25.2. The first kappa shape index (κ1) is 98.8. The molecule has 4 fully saturated rings. The number of piperazine rings is 2. The first-order valence-corrected chi connectivity index (χ1v) is 50.0. The molecule has 0 bridgehead atoms. The maximum Gasteiger partial charge on any atom is 0.135 e. The van der Waals surface area contributed by atoms with Crippen molar-refractivity contribution in [3.8, 4) is 30.0 Å². The van der Waals surface area contributed by atoms with Gasteiger partial charge in [-0.2, -0.15) is 21.0 Å². The molecule has 16 rings (SSSR count). The standard InChI is InChI=1S/2C26H34N4O2S.C25H33N5O2S.C24H31N5OS/c1-26(2)16-20-21(17-27)25(33-15-10-19-8-5-6-9-23(19)31-4)28-24(22(20)18-32-26)30-12-7-11-29(3)13-14-30;1-26(2)17-21-22(18-27)25(33-16-9-20-7-5-4-6-8-20)28-24(23(21)19-32-26)30-12-10-29(11-13-30)14-15-31-3;1-25(2)16-20-21(17-26)24(33-15-7-19-6-4-5-8-27-19)28-23(22(20)18-32-25)30-11-9-29(10-12-30)13-14-31-3;1-24(2)15-19-20(16-25)23(31-14-8-18-7-4-5-9-26-18)27-22(21(19)17-30-24)29-11-6-10-28(3)12-13-29/h5-6,8-9H,7,10-16,18H2,1-4H3;4-8H,9-17,19H2,1-3H3;4-6,8H,7,9-16,18H2,1-3H3;4-5,7,9H,6,8,10-15,17H2,1-3H3. The quantitative estimate of drug-likeness (QED) is 0.0433. The van der Waals surface area contributed by atoms with E-state index in [1.54, 1.807) is 68.4 Å². The summed E-state index contributed by atoms with van der Waals surface area (Å²) in [4.78, 5) is 48.3. The molecule has 2 aromatic carbocycles. The molecule has 8 aromatic rings. The molecule has 0 amide bonds. The molecule has 0 atom stereocenters. The molecule has 8 aliphatic heterocycles. The van der Waals surface area contributed by atoms with Crippen molar-refractivity contribution in [2.24, 2.45) is 0 Å². The first-order valence-electron chi connectivity index (χ1n) is 46.0. The molecule has 25 nitrogen and oxygen atoms in total. The molecule has 0 aliphatic carbocycles. The predicted molar refractivity (Wildman–Crippen MR) is 521 cm³/mol. The van der Waals surface area contributed by atoms with Crippen molar-refractivity contribution >= 4 is 70.3 Å². The second kappa shape index (κ2) is 47.3. The van der Waals surface area contributed by atoms with E-state index in [-0.39, 0.29) is 22.4 Å². The lowest BCUT2D eigenvalue weighted by Crippen LogP contribution is -2.48. The highest BCUT2D eigenvalue weighted by Gasteiger charge is 2.40. The largest absolute Gasteiger partial charge is 0.496 e. The lowest BCUT2D eigenvalue weighted by molar-refractivity contribution is -0.0405. The Hall–Kier alpha value is -8.70. The van der Waals surface area contributed by atoms with Crippen LogP contribution in [0.15, 0.2) is 123 Å². The lowest BCUT2D eigenvalue weighted by atomic mass is 9.89. The molecule has 29 heteroatoms. The second-order valence-corrected chi connectivity index (χ2v) is 41.2. The van der Waals surface area contributed by atoms with Gasteiger partial charge in [0.15, 0.2) is 0 Å². The molecule has 0 saturated carbocycles. The predicted octanol–water partition coefficient (Wildman–Crippen LogP) is 15.2. The summed E-state index contributed by atoms with van der Waals surface area (Å²) in [6.45, 7) is 38.0. The molecule has 0 spiro atoms. The van der Waals surface area contributed by atoms with Gasteiger partial charge in [0.05, 0.1) is 91.4 Å². The summed E-state index contributed by atoms with van der Waals surface area (Å²) in [5.41, 5.74) is 15.3. The number of pyridine rings is 6. The van der Waals surface area contributed by atoms with E-state index in [4.69, 9.17) is 53.1 Å². The number of benzene rings is 2. The molecule has 14 heterocycles. The molecule has 0 radical (unpaired) electrons. The van der Waals surface area contributed by atoms with E-state index in [0.717, 1.165) is 346 Å². The first-order chi connectivity index (χ1) is 62.9. The molecule has 0 N–H and O–H groups in total. The van der Waals surface area contributed by atoms with E-state index in [1.807, 2.05) is 73.1 Å². The smallest absolute Gasteiger partial charge is 0.135 e. The molecule has 130 heavy (non-hydrogen) atoms. The number of para-hydroxylation sites is 1. The third kappa shape index (κ3) is 26.6. The van der Waals surface area contributed by atoms with Crippen molar-refractivity contribution in [1.82, 2.24) is 49.5 Å². The molecular weight excluding hydrogens is 1710 g/mol. The Balaban J connectivity index is 0.000000148. The van der Waals surface area contributed by atoms with Crippen molar-refractivity contribution in [1.29, 1.82) is 21.0 Å². The zero-order valence-electron chi connectivity index (χ0n) is 78.7. The third-order valence-corrected chi connectivity index (χ3v) is 29.2. The van der Waals surface area contributed by atoms with Crippen LogP contribution in [0, 0.1) is 45.3 Å². The summed E-state index contributed by atoms with van der Waals surface area (Å²) in [7, 11) is 9.56. The van der Waals surface area contributed by atoms with Crippen LogP contribution in [-0.4, -0.2) is 261 Å². The number of methoxy groups -OCH3 is 3. The Morgan fingerprint density at radius 2 is 0.685 bits per heavy atom. The fraction of sp³-hybridized carbons (Fsp3) is 0.545. The zero-order chi connectivity index (χ0) is 91.8. The van der Waals surface area contributed by atoms with Crippen LogP contribution in [0.2, 0.25) is 0 Å². The van der Waals surface area contributed by atoms with Crippen molar-refractivity contribution in [2.45, 2.75) is 189 Å². The monoisotopic (exact) mass is 1840 g/mol. The maximum atomic E-state index is 10.1. The maximum absolute atomic E-state index is 10.1. The van der Waals surface area contributed by atoms with E-state index < -0.39 is 0 Å². The van der Waals surface area contributed by atoms with Gasteiger partial charge in [-0.15, -0.1) is 47.0 Å². The Labute approximate surface area is 789 Å². The number of ether oxygens (including phenoxy) is 7. The van der Waals surface area contributed by atoms with Crippen LogP contribution in [0.5, 0.6) is 5.75 Å². The minimum atomic E-state index is -0.286. The Kier molecular flexibility index (Phi) is 35.9. The van der Waals surface area contributed by atoms with Crippen molar-refractivity contribution in [2.75, 3.05) is 209 Å². The normalized spacial score (nSPS) is 18.3. The Morgan fingerprint density at radius 1 is 0.362 bits per heavy atom. The fourth-order valence-corrected chi connectivity index (χ4v) is 21.7. The highest BCUT2D eigenvalue weighted by atomic mass is 32.2. The number of likely N-dealkylation sites (N-methyl/N-ethyl adjacent to an activating group) is 2. The second-order valence-electron chi connectivity index (χ2n) is 36.9. The SMILES string of the molecule is CN1CCCN(c2nc(SCCc3ccccn3)c(C#N)c3c2COC(C)(C)C3)CC1.COCCN1CCN(c2nc(SCCc3ccccc3)c(C#N)c3c2COC(C)(C)C3)CC1.COCCN1CCN(c2nc(SCCc3ccccn3)c(C#N)c3c2COC(C)(C)C3)CC1.COc1ccccc1CCSc1nc(N2CCCN(C)CC2)c2c(c1C#N)CC(C)(C)OC2. The summed E-state index contributed by atoms with van der Waals surface area (Å²) in [6, 6.07) is 40.5. The van der Waals surface area contributed by atoms with Crippen molar-refractivity contribution in [3.63, 3.8) is 0 Å². The summed E-state index contributed by atoms with van der Waals surface area (Å²) < 4.78 is 40.6. The molecule has 692 valence electrons. The summed E-state index contributed by atoms with van der Waals surface area (Å²) in [5.74, 6) is 8.35. The fourth-order valence-electron chi connectivity index (χ4n) is 17.8. The number of aromatic nitrogens is 6. The number of nitrogens with zero attached hydrogens (tertiary/aromatic N) is 18. The molecular formula is C101H132N18O7S4. The summed E-state index contributed by atoms with van der Waals surface area (Å²) in [6.07, 6.45) is 12.3. The zero-order valence-corrected chi connectivity index (χ0v) is 82.0. The number of fused-ring (bicyclic) bond motifs is 4. The van der Waals surface area contributed by atoms with Crippen LogP contribution >= 0.6 is 47.0 Å². The number of hydrogen-bond acceptors (Lipinski definition) is 29. The van der Waals surface area contributed by atoms with Gasteiger partial charge >= 0.3 is 0 Å². The van der Waals surface area contributed by atoms with Gasteiger partial charge in [0, 0.05) is 214 Å². The average molecular weight is 1840 g/mol. The van der Waals surface area contributed by atoms with Gasteiger partial charge in [-0.05, 0) is 185 Å². The van der Waals surface area contributed by atoms with Crippen LogP contribution in [-0.2, 0) is 106 Å². The van der Waals surface area contributed by atoms with Crippen LogP contribution in [0.1, 0.15) is 158 Å². The number of hydrogen-bond donors (Lipinski definition) is 0. The number of aryl methyl sites for hydroxylation is 4. The minimum absolute atomic E-state index is 0.272. The number of rotatable bonds is 27. The lowest BCUT2D eigenvalue weighted by Gasteiger charge is -2.39. The molecule has 8 aliphatic rings. The van der Waals surface area contributed by atoms with E-state index in [1.165, 1.54) is 11.1 Å². The van der Waals surface area contributed by atoms with Gasteiger partial charge in [-0.3, -0.25) is 19.8 Å².